The van der Waals surface area contributed by atoms with Gasteiger partial charge in [0.15, 0.2) is 0 Å². The number of rotatable bonds is 5. The summed E-state index contributed by atoms with van der Waals surface area (Å²) < 4.78 is 0. The molecule has 1 aromatic carbocycles. The van der Waals surface area contributed by atoms with E-state index in [1.54, 1.807) is 0 Å². The summed E-state index contributed by atoms with van der Waals surface area (Å²) in [5, 5.41) is 6.35. The maximum Gasteiger partial charge on any atom is 0.251 e. The lowest BCUT2D eigenvalue weighted by atomic mass is 9.88. The molecule has 3 atom stereocenters. The molecule has 1 aromatic rings. The predicted octanol–water partition coefficient (Wildman–Crippen LogP) is 2.80. The molecule has 0 bridgehead atoms. The van der Waals surface area contributed by atoms with Gasteiger partial charge in [-0.15, -0.1) is 0 Å². The average molecular weight is 400 g/mol. The first-order chi connectivity index (χ1) is 14.0. The standard InChI is InChI=1S/C23H33N3O3/c1-3-21(27)26-14-8-10-17(15-26)22(28)24-19-12-6-7-13-20(19)25-23(29)18-11-5-4-9-16(18)2/h4-5,9,11,17,19-20H,3,6-8,10,12-15H2,1-2H3,(H,24,28)(H,25,29)/t17-,19+,20+/m0/s1. The monoisotopic (exact) mass is 399 g/mol. The molecule has 2 N–H and O–H groups in total. The predicted molar refractivity (Wildman–Crippen MR) is 112 cm³/mol. The van der Waals surface area contributed by atoms with Crippen LogP contribution in [-0.2, 0) is 9.59 Å². The summed E-state index contributed by atoms with van der Waals surface area (Å²) >= 11 is 0. The van der Waals surface area contributed by atoms with Crippen LogP contribution in [0.3, 0.4) is 0 Å². The lowest BCUT2D eigenvalue weighted by Crippen LogP contribution is -2.55. The summed E-state index contributed by atoms with van der Waals surface area (Å²) in [4.78, 5) is 39.5. The smallest absolute Gasteiger partial charge is 0.251 e. The molecule has 6 nitrogen and oxygen atoms in total. The molecule has 3 rings (SSSR count). The second kappa shape index (κ2) is 9.90. The summed E-state index contributed by atoms with van der Waals surface area (Å²) in [6, 6.07) is 7.45. The van der Waals surface area contributed by atoms with Gasteiger partial charge in [0.1, 0.15) is 0 Å². The molecule has 1 saturated heterocycles. The van der Waals surface area contributed by atoms with Gasteiger partial charge in [-0.25, -0.2) is 0 Å². The van der Waals surface area contributed by atoms with Crippen molar-refractivity contribution in [2.45, 2.75) is 70.9 Å². The number of hydrogen-bond donors (Lipinski definition) is 2. The first-order valence-electron chi connectivity index (χ1n) is 10.9. The topological polar surface area (TPSA) is 78.5 Å². The SMILES string of the molecule is CCC(=O)N1CCC[C@H](C(=O)N[C@@H]2CCCC[C@H]2NC(=O)c2ccccc2C)C1. The molecule has 2 fully saturated rings. The van der Waals surface area contributed by atoms with Gasteiger partial charge < -0.3 is 15.5 Å². The van der Waals surface area contributed by atoms with Crippen LogP contribution in [0.5, 0.6) is 0 Å². The Morgan fingerprint density at radius 3 is 2.38 bits per heavy atom. The van der Waals surface area contributed by atoms with Crippen LogP contribution in [0.2, 0.25) is 0 Å². The number of carbonyl (C=O) groups is 3. The number of nitrogens with zero attached hydrogens (tertiary/aromatic N) is 1. The Labute approximate surface area is 173 Å². The highest BCUT2D eigenvalue weighted by molar-refractivity contribution is 5.95. The number of amides is 3. The normalized spacial score (nSPS) is 24.6. The number of likely N-dealkylation sites (tertiary alicyclic amines) is 1. The Morgan fingerprint density at radius 2 is 1.69 bits per heavy atom. The van der Waals surface area contributed by atoms with Crippen LogP contribution in [-0.4, -0.2) is 47.8 Å². The highest BCUT2D eigenvalue weighted by atomic mass is 16.2. The molecule has 0 spiro atoms. The number of benzene rings is 1. The Balaban J connectivity index is 1.61. The summed E-state index contributed by atoms with van der Waals surface area (Å²) in [6.07, 6.45) is 5.99. The van der Waals surface area contributed by atoms with Gasteiger partial charge in [0, 0.05) is 37.2 Å². The zero-order chi connectivity index (χ0) is 20.8. The van der Waals surface area contributed by atoms with Gasteiger partial charge in [-0.05, 0) is 44.2 Å². The van der Waals surface area contributed by atoms with Gasteiger partial charge in [-0.2, -0.15) is 0 Å². The van der Waals surface area contributed by atoms with Crippen LogP contribution in [0.15, 0.2) is 24.3 Å². The van der Waals surface area contributed by atoms with E-state index in [1.807, 2.05) is 43.0 Å². The van der Waals surface area contributed by atoms with Crippen LogP contribution in [0.25, 0.3) is 0 Å². The van der Waals surface area contributed by atoms with Crippen LogP contribution in [0.1, 0.15) is 67.8 Å². The Hall–Kier alpha value is -2.37. The molecule has 29 heavy (non-hydrogen) atoms. The van der Waals surface area contributed by atoms with Crippen LogP contribution in [0, 0.1) is 12.8 Å². The van der Waals surface area contributed by atoms with E-state index in [2.05, 4.69) is 10.6 Å². The minimum absolute atomic E-state index is 0.0145. The molecular formula is C23H33N3O3. The molecule has 1 heterocycles. The summed E-state index contributed by atoms with van der Waals surface area (Å²) in [5.74, 6) is -0.107. The number of nitrogens with one attached hydrogen (secondary N) is 2. The van der Waals surface area contributed by atoms with E-state index < -0.39 is 0 Å². The molecule has 0 aromatic heterocycles. The van der Waals surface area contributed by atoms with Crippen LogP contribution >= 0.6 is 0 Å². The second-order valence-electron chi connectivity index (χ2n) is 8.33. The van der Waals surface area contributed by atoms with Crippen LogP contribution < -0.4 is 10.6 Å². The van der Waals surface area contributed by atoms with Crippen molar-refractivity contribution in [1.82, 2.24) is 15.5 Å². The van der Waals surface area contributed by atoms with Crippen molar-refractivity contribution in [2.75, 3.05) is 13.1 Å². The minimum Gasteiger partial charge on any atom is -0.351 e. The van der Waals surface area contributed by atoms with Gasteiger partial charge in [-0.1, -0.05) is 38.0 Å². The van der Waals surface area contributed by atoms with Crippen molar-refractivity contribution in [3.8, 4) is 0 Å². The molecule has 2 aliphatic rings. The van der Waals surface area contributed by atoms with Gasteiger partial charge in [0.05, 0.1) is 5.92 Å². The molecular weight excluding hydrogens is 366 g/mol. The van der Waals surface area contributed by atoms with E-state index in [9.17, 15) is 14.4 Å². The fourth-order valence-corrected chi connectivity index (χ4v) is 4.49. The highest BCUT2D eigenvalue weighted by Gasteiger charge is 2.32. The maximum absolute atomic E-state index is 12.9. The third-order valence-electron chi connectivity index (χ3n) is 6.25. The second-order valence-corrected chi connectivity index (χ2v) is 8.33. The van der Waals surface area contributed by atoms with E-state index in [0.29, 0.717) is 18.5 Å². The first kappa shape index (κ1) is 21.3. The molecule has 6 heteroatoms. The maximum atomic E-state index is 12.9. The third-order valence-corrected chi connectivity index (χ3v) is 6.25. The quantitative estimate of drug-likeness (QED) is 0.799. The van der Waals surface area contributed by atoms with Crippen molar-refractivity contribution < 1.29 is 14.4 Å². The molecule has 158 valence electrons. The highest BCUT2D eigenvalue weighted by Crippen LogP contribution is 2.22. The van der Waals surface area contributed by atoms with Crippen LogP contribution in [0.4, 0.5) is 0 Å². The fraction of sp³-hybridized carbons (Fsp3) is 0.609. The van der Waals surface area contributed by atoms with Gasteiger partial charge in [0.25, 0.3) is 5.91 Å². The Morgan fingerprint density at radius 1 is 1.00 bits per heavy atom. The minimum atomic E-state index is -0.158. The van der Waals surface area contributed by atoms with Gasteiger partial charge >= 0.3 is 0 Å². The van der Waals surface area contributed by atoms with E-state index in [4.69, 9.17) is 0 Å². The van der Waals surface area contributed by atoms with Crippen molar-refractivity contribution in [3.63, 3.8) is 0 Å². The van der Waals surface area contributed by atoms with Gasteiger partial charge in [-0.3, -0.25) is 14.4 Å². The Kier molecular flexibility index (Phi) is 7.29. The zero-order valence-corrected chi connectivity index (χ0v) is 17.6. The number of piperidine rings is 1. The molecule has 3 amide bonds. The zero-order valence-electron chi connectivity index (χ0n) is 17.6. The average Bonchev–Trinajstić information content (AvgIpc) is 2.74. The lowest BCUT2D eigenvalue weighted by molar-refractivity contribution is -0.135. The Bertz CT molecular complexity index is 749. The molecule has 0 radical (unpaired) electrons. The summed E-state index contributed by atoms with van der Waals surface area (Å²) in [5.41, 5.74) is 1.63. The van der Waals surface area contributed by atoms with Gasteiger partial charge in [0.2, 0.25) is 11.8 Å². The lowest BCUT2D eigenvalue weighted by Gasteiger charge is -2.36. The number of aryl methyl sites for hydroxylation is 1. The summed E-state index contributed by atoms with van der Waals surface area (Å²) in [6.45, 7) is 5.04. The first-order valence-corrected chi connectivity index (χ1v) is 10.9. The molecule has 1 saturated carbocycles. The van der Waals surface area contributed by atoms with E-state index in [-0.39, 0.29) is 35.7 Å². The summed E-state index contributed by atoms with van der Waals surface area (Å²) in [7, 11) is 0. The number of carbonyl (C=O) groups excluding carboxylic acids is 3. The van der Waals surface area contributed by atoms with E-state index in [1.165, 1.54) is 0 Å². The van der Waals surface area contributed by atoms with Crippen molar-refractivity contribution in [2.24, 2.45) is 5.92 Å². The third kappa shape index (κ3) is 5.37. The number of hydrogen-bond acceptors (Lipinski definition) is 3. The van der Waals surface area contributed by atoms with Crippen molar-refractivity contribution >= 4 is 17.7 Å². The molecule has 0 unspecified atom stereocenters. The van der Waals surface area contributed by atoms with E-state index in [0.717, 1.165) is 50.6 Å². The fourth-order valence-electron chi connectivity index (χ4n) is 4.49. The molecule has 1 aliphatic carbocycles. The van der Waals surface area contributed by atoms with E-state index >= 15 is 0 Å². The molecule has 1 aliphatic heterocycles. The van der Waals surface area contributed by atoms with Crippen molar-refractivity contribution in [1.29, 1.82) is 0 Å². The van der Waals surface area contributed by atoms with Crippen molar-refractivity contribution in [3.05, 3.63) is 35.4 Å². The largest absolute Gasteiger partial charge is 0.351 e.